The van der Waals surface area contributed by atoms with E-state index in [1.165, 1.54) is 0 Å². The Bertz CT molecular complexity index is 129. The molecule has 4 N–H and O–H groups in total. The largest absolute Gasteiger partial charge is 0.389 e. The average Bonchev–Trinajstić information content (AvgIpc) is 2.01. The minimum atomic E-state index is -0.999. The first-order chi connectivity index (χ1) is 5.16. The van der Waals surface area contributed by atoms with E-state index in [1.54, 1.807) is 0 Å². The van der Waals surface area contributed by atoms with Crippen molar-refractivity contribution in [2.45, 2.75) is 37.7 Å². The van der Waals surface area contributed by atoms with Crippen molar-refractivity contribution in [3.63, 3.8) is 0 Å². The van der Waals surface area contributed by atoms with Crippen molar-refractivity contribution >= 4 is 0 Å². The highest BCUT2D eigenvalue weighted by molar-refractivity contribution is 4.91. The standard InChI is InChI=1S/C7H15NO3/c1-2-4-6(10)7(11)5(9)3-8-4/h4-11H,2-3H2,1H3/t4-,5+,6-,7-/m0/s1. The average molecular weight is 161 g/mol. The molecule has 0 amide bonds. The third kappa shape index (κ3) is 1.70. The Morgan fingerprint density at radius 2 is 1.91 bits per heavy atom. The summed E-state index contributed by atoms with van der Waals surface area (Å²) in [5.74, 6) is 0. The fourth-order valence-electron chi connectivity index (χ4n) is 1.37. The molecule has 0 aliphatic carbocycles. The maximum atomic E-state index is 9.34. The van der Waals surface area contributed by atoms with Crippen molar-refractivity contribution in [1.82, 2.24) is 5.32 Å². The Kier molecular flexibility index (Phi) is 2.84. The Hall–Kier alpha value is -0.160. The highest BCUT2D eigenvalue weighted by atomic mass is 16.4. The van der Waals surface area contributed by atoms with Crippen LogP contribution in [0.3, 0.4) is 0 Å². The van der Waals surface area contributed by atoms with E-state index in [-0.39, 0.29) is 6.04 Å². The molecule has 4 atom stereocenters. The van der Waals surface area contributed by atoms with Crippen molar-refractivity contribution < 1.29 is 15.3 Å². The molecule has 1 aliphatic heterocycles. The molecule has 4 nitrogen and oxygen atoms in total. The van der Waals surface area contributed by atoms with E-state index in [9.17, 15) is 10.2 Å². The van der Waals surface area contributed by atoms with Gasteiger partial charge in [-0.2, -0.15) is 0 Å². The Labute approximate surface area is 65.9 Å². The van der Waals surface area contributed by atoms with Crippen LogP contribution in [-0.2, 0) is 0 Å². The van der Waals surface area contributed by atoms with Crippen LogP contribution in [0.4, 0.5) is 0 Å². The fourth-order valence-corrected chi connectivity index (χ4v) is 1.37. The summed E-state index contributed by atoms with van der Waals surface area (Å²) < 4.78 is 0. The first kappa shape index (κ1) is 8.93. The predicted molar refractivity (Wildman–Crippen MR) is 40.1 cm³/mol. The van der Waals surface area contributed by atoms with E-state index < -0.39 is 18.3 Å². The number of rotatable bonds is 1. The molecule has 0 bridgehead atoms. The van der Waals surface area contributed by atoms with Crippen LogP contribution in [0.5, 0.6) is 0 Å². The number of aliphatic hydroxyl groups is 3. The molecule has 0 unspecified atom stereocenters. The summed E-state index contributed by atoms with van der Waals surface area (Å²) in [7, 11) is 0. The van der Waals surface area contributed by atoms with E-state index in [0.717, 1.165) is 6.42 Å². The van der Waals surface area contributed by atoms with Crippen LogP contribution in [0.25, 0.3) is 0 Å². The third-order valence-corrected chi connectivity index (χ3v) is 2.19. The van der Waals surface area contributed by atoms with Gasteiger partial charge in [-0.3, -0.25) is 0 Å². The molecule has 11 heavy (non-hydrogen) atoms. The Balaban J connectivity index is 2.52. The van der Waals surface area contributed by atoms with Crippen molar-refractivity contribution in [1.29, 1.82) is 0 Å². The van der Waals surface area contributed by atoms with Gasteiger partial charge in [0.2, 0.25) is 0 Å². The summed E-state index contributed by atoms with van der Waals surface area (Å²) in [4.78, 5) is 0. The SMILES string of the molecule is CC[C@@H]1NC[C@@H](O)[C@H](O)[C@H]1O. The van der Waals surface area contributed by atoms with Crippen LogP contribution < -0.4 is 5.32 Å². The molecular formula is C7H15NO3. The first-order valence-corrected chi connectivity index (χ1v) is 3.94. The van der Waals surface area contributed by atoms with Crippen LogP contribution in [0.1, 0.15) is 13.3 Å². The summed E-state index contributed by atoms with van der Waals surface area (Å²) in [6, 6.07) is -0.0894. The van der Waals surface area contributed by atoms with Gasteiger partial charge >= 0.3 is 0 Å². The minimum Gasteiger partial charge on any atom is -0.389 e. The lowest BCUT2D eigenvalue weighted by Crippen LogP contribution is -2.59. The molecule has 1 fully saturated rings. The normalized spacial score (nSPS) is 45.8. The molecular weight excluding hydrogens is 146 g/mol. The van der Waals surface area contributed by atoms with Gasteiger partial charge in [0, 0.05) is 12.6 Å². The maximum Gasteiger partial charge on any atom is 0.108 e. The van der Waals surface area contributed by atoms with Gasteiger partial charge in [0.15, 0.2) is 0 Å². The number of hydrogen-bond acceptors (Lipinski definition) is 4. The van der Waals surface area contributed by atoms with Gasteiger partial charge in [-0.25, -0.2) is 0 Å². The molecule has 0 spiro atoms. The fraction of sp³-hybridized carbons (Fsp3) is 1.00. The molecule has 4 heteroatoms. The van der Waals surface area contributed by atoms with Gasteiger partial charge in [-0.15, -0.1) is 0 Å². The van der Waals surface area contributed by atoms with Gasteiger partial charge in [0.1, 0.15) is 6.10 Å². The predicted octanol–water partition coefficient (Wildman–Crippen LogP) is -1.55. The van der Waals surface area contributed by atoms with Gasteiger partial charge in [0.25, 0.3) is 0 Å². The van der Waals surface area contributed by atoms with E-state index in [0.29, 0.717) is 6.54 Å². The van der Waals surface area contributed by atoms with Gasteiger partial charge in [0.05, 0.1) is 12.2 Å². The molecule has 1 saturated heterocycles. The lowest BCUT2D eigenvalue weighted by molar-refractivity contribution is -0.0943. The van der Waals surface area contributed by atoms with Crippen LogP contribution in [0, 0.1) is 0 Å². The second-order valence-electron chi connectivity index (χ2n) is 2.97. The van der Waals surface area contributed by atoms with Gasteiger partial charge in [-0.05, 0) is 6.42 Å². The molecule has 0 radical (unpaired) electrons. The number of nitrogens with one attached hydrogen (secondary N) is 1. The monoisotopic (exact) mass is 161 g/mol. The Morgan fingerprint density at radius 3 is 2.45 bits per heavy atom. The summed E-state index contributed by atoms with van der Waals surface area (Å²) in [5.41, 5.74) is 0. The number of aliphatic hydroxyl groups excluding tert-OH is 3. The minimum absolute atomic E-state index is 0.0894. The lowest BCUT2D eigenvalue weighted by Gasteiger charge is -2.35. The number of hydrogen-bond donors (Lipinski definition) is 4. The molecule has 0 saturated carbocycles. The quantitative estimate of drug-likeness (QED) is 0.376. The maximum absolute atomic E-state index is 9.34. The van der Waals surface area contributed by atoms with E-state index in [4.69, 9.17) is 5.11 Å². The van der Waals surface area contributed by atoms with Crippen LogP contribution in [0.2, 0.25) is 0 Å². The number of β-amino-alcohol motifs (C(OH)–C–C–N with tert-alkyl or cyclic N) is 1. The zero-order chi connectivity index (χ0) is 8.43. The van der Waals surface area contributed by atoms with Crippen LogP contribution >= 0.6 is 0 Å². The highest BCUT2D eigenvalue weighted by Gasteiger charge is 2.34. The molecule has 1 heterocycles. The zero-order valence-corrected chi connectivity index (χ0v) is 6.57. The highest BCUT2D eigenvalue weighted by Crippen LogP contribution is 2.12. The van der Waals surface area contributed by atoms with E-state index >= 15 is 0 Å². The smallest absolute Gasteiger partial charge is 0.108 e. The lowest BCUT2D eigenvalue weighted by atomic mass is 9.95. The molecule has 1 aliphatic rings. The zero-order valence-electron chi connectivity index (χ0n) is 6.57. The molecule has 0 aromatic carbocycles. The topological polar surface area (TPSA) is 72.7 Å². The van der Waals surface area contributed by atoms with Gasteiger partial charge < -0.3 is 20.6 Å². The van der Waals surface area contributed by atoms with E-state index in [2.05, 4.69) is 5.32 Å². The molecule has 66 valence electrons. The second-order valence-corrected chi connectivity index (χ2v) is 2.97. The third-order valence-electron chi connectivity index (χ3n) is 2.19. The summed E-state index contributed by atoms with van der Waals surface area (Å²) in [6.45, 7) is 2.28. The molecule has 0 aromatic rings. The van der Waals surface area contributed by atoms with Crippen LogP contribution in [0.15, 0.2) is 0 Å². The summed E-state index contributed by atoms with van der Waals surface area (Å²) in [6.07, 6.45) is -1.93. The molecule has 1 rings (SSSR count). The van der Waals surface area contributed by atoms with Crippen molar-refractivity contribution in [3.8, 4) is 0 Å². The summed E-state index contributed by atoms with van der Waals surface area (Å²) in [5, 5.41) is 30.6. The first-order valence-electron chi connectivity index (χ1n) is 3.94. The Morgan fingerprint density at radius 1 is 1.27 bits per heavy atom. The van der Waals surface area contributed by atoms with Crippen LogP contribution in [-0.4, -0.2) is 46.2 Å². The van der Waals surface area contributed by atoms with Gasteiger partial charge in [-0.1, -0.05) is 6.92 Å². The van der Waals surface area contributed by atoms with Crippen molar-refractivity contribution in [3.05, 3.63) is 0 Å². The summed E-state index contributed by atoms with van der Waals surface area (Å²) >= 11 is 0. The van der Waals surface area contributed by atoms with Crippen molar-refractivity contribution in [2.75, 3.05) is 6.54 Å². The van der Waals surface area contributed by atoms with Crippen molar-refractivity contribution in [2.24, 2.45) is 0 Å². The second kappa shape index (κ2) is 3.49. The van der Waals surface area contributed by atoms with E-state index in [1.807, 2.05) is 6.92 Å². The molecule has 0 aromatic heterocycles. The number of piperidine rings is 1.